The standard InChI is InChI=1S/C22H21NO3S/c1-17-11-13-20(14-12-17)27(24,25)23-15-22(18-7-3-2-4-8-18)26-16-19-9-5-6-10-21(19)23/h2-14,22H,15-16H2,1H3/t22-/m1/s1. The van der Waals surface area contributed by atoms with Gasteiger partial charge in [0.2, 0.25) is 0 Å². The lowest BCUT2D eigenvalue weighted by Gasteiger charge is -2.27. The van der Waals surface area contributed by atoms with Crippen LogP contribution < -0.4 is 4.31 Å². The molecule has 5 heteroatoms. The minimum atomic E-state index is -3.70. The first-order valence-corrected chi connectivity index (χ1v) is 10.3. The number of para-hydroxylation sites is 1. The first kappa shape index (κ1) is 17.8. The Morgan fingerprint density at radius 3 is 2.30 bits per heavy atom. The molecule has 0 aromatic heterocycles. The molecule has 1 heterocycles. The van der Waals surface area contributed by atoms with Crippen LogP contribution >= 0.6 is 0 Å². The van der Waals surface area contributed by atoms with Crippen molar-refractivity contribution in [3.63, 3.8) is 0 Å². The molecule has 3 aromatic carbocycles. The van der Waals surface area contributed by atoms with Gasteiger partial charge in [-0.15, -0.1) is 0 Å². The van der Waals surface area contributed by atoms with Crippen molar-refractivity contribution in [2.45, 2.75) is 24.5 Å². The number of fused-ring (bicyclic) bond motifs is 1. The van der Waals surface area contributed by atoms with Crippen molar-refractivity contribution in [3.8, 4) is 0 Å². The molecule has 0 saturated heterocycles. The maximum absolute atomic E-state index is 13.5. The molecule has 4 nitrogen and oxygen atoms in total. The van der Waals surface area contributed by atoms with Crippen molar-refractivity contribution in [1.29, 1.82) is 0 Å². The van der Waals surface area contributed by atoms with Crippen LogP contribution in [0.5, 0.6) is 0 Å². The van der Waals surface area contributed by atoms with Gasteiger partial charge in [0.15, 0.2) is 0 Å². The summed E-state index contributed by atoms with van der Waals surface area (Å²) >= 11 is 0. The van der Waals surface area contributed by atoms with Gasteiger partial charge in [-0.05, 0) is 30.7 Å². The maximum Gasteiger partial charge on any atom is 0.264 e. The average Bonchev–Trinajstić information content (AvgIpc) is 2.89. The third kappa shape index (κ3) is 3.48. The Labute approximate surface area is 160 Å². The summed E-state index contributed by atoms with van der Waals surface area (Å²) in [6, 6.07) is 24.3. The summed E-state index contributed by atoms with van der Waals surface area (Å²) in [7, 11) is -3.70. The van der Waals surface area contributed by atoms with Crippen molar-refractivity contribution in [2.24, 2.45) is 0 Å². The van der Waals surface area contributed by atoms with Crippen LogP contribution in [0.15, 0.2) is 83.8 Å². The van der Waals surface area contributed by atoms with Crippen LogP contribution in [0.2, 0.25) is 0 Å². The first-order valence-electron chi connectivity index (χ1n) is 8.89. The molecule has 0 amide bonds. The fraction of sp³-hybridized carbons (Fsp3) is 0.182. The van der Waals surface area contributed by atoms with E-state index in [1.54, 1.807) is 12.1 Å². The van der Waals surface area contributed by atoms with Crippen LogP contribution in [-0.2, 0) is 21.4 Å². The summed E-state index contributed by atoms with van der Waals surface area (Å²) < 4.78 is 34.5. The zero-order valence-electron chi connectivity index (χ0n) is 15.1. The van der Waals surface area contributed by atoms with Crippen LogP contribution in [0.1, 0.15) is 22.8 Å². The van der Waals surface area contributed by atoms with Crippen molar-refractivity contribution < 1.29 is 13.2 Å². The number of sulfonamides is 1. The number of hydrogen-bond acceptors (Lipinski definition) is 3. The van der Waals surface area contributed by atoms with Gasteiger partial charge in [0.25, 0.3) is 10.0 Å². The molecule has 0 aliphatic carbocycles. The second kappa shape index (κ2) is 7.18. The van der Waals surface area contributed by atoms with E-state index in [0.29, 0.717) is 12.3 Å². The Hall–Kier alpha value is -2.63. The molecule has 4 rings (SSSR count). The van der Waals surface area contributed by atoms with Gasteiger partial charge in [0, 0.05) is 5.56 Å². The van der Waals surface area contributed by atoms with E-state index < -0.39 is 10.0 Å². The highest BCUT2D eigenvalue weighted by Crippen LogP contribution is 2.35. The summed E-state index contributed by atoms with van der Waals surface area (Å²) in [6.07, 6.45) is -0.334. The number of ether oxygens (including phenoxy) is 1. The largest absolute Gasteiger partial charge is 0.367 e. The molecular formula is C22H21NO3S. The highest BCUT2D eigenvalue weighted by molar-refractivity contribution is 7.92. The number of hydrogen-bond donors (Lipinski definition) is 0. The van der Waals surface area contributed by atoms with E-state index in [4.69, 9.17) is 4.74 Å². The third-order valence-electron chi connectivity index (χ3n) is 4.81. The quantitative estimate of drug-likeness (QED) is 0.675. The zero-order chi connectivity index (χ0) is 18.9. The van der Waals surface area contributed by atoms with Crippen molar-refractivity contribution in [2.75, 3.05) is 10.8 Å². The third-order valence-corrected chi connectivity index (χ3v) is 6.61. The minimum absolute atomic E-state index is 0.233. The zero-order valence-corrected chi connectivity index (χ0v) is 15.9. The molecule has 1 atom stereocenters. The molecule has 3 aromatic rings. The fourth-order valence-electron chi connectivity index (χ4n) is 3.30. The predicted octanol–water partition coefficient (Wildman–Crippen LogP) is 4.46. The highest BCUT2D eigenvalue weighted by Gasteiger charge is 2.32. The number of anilines is 1. The number of rotatable bonds is 3. The second-order valence-corrected chi connectivity index (χ2v) is 8.55. The van der Waals surface area contributed by atoms with Crippen molar-refractivity contribution in [3.05, 3.63) is 95.6 Å². The fourth-order valence-corrected chi connectivity index (χ4v) is 4.81. The Morgan fingerprint density at radius 1 is 0.889 bits per heavy atom. The van der Waals surface area contributed by atoms with Gasteiger partial charge in [0.05, 0.1) is 23.7 Å². The van der Waals surface area contributed by atoms with Crippen molar-refractivity contribution in [1.82, 2.24) is 0 Å². The van der Waals surface area contributed by atoms with E-state index in [-0.39, 0.29) is 17.5 Å². The molecule has 0 bridgehead atoms. The molecule has 0 N–H and O–H groups in total. The molecule has 0 fully saturated rings. The lowest BCUT2D eigenvalue weighted by atomic mass is 10.1. The van der Waals surface area contributed by atoms with E-state index >= 15 is 0 Å². The average molecular weight is 379 g/mol. The monoisotopic (exact) mass is 379 g/mol. The summed E-state index contributed by atoms with van der Waals surface area (Å²) in [5.74, 6) is 0. The van der Waals surface area contributed by atoms with E-state index in [0.717, 1.165) is 16.7 Å². The highest BCUT2D eigenvalue weighted by atomic mass is 32.2. The molecule has 138 valence electrons. The predicted molar refractivity (Wildman–Crippen MR) is 106 cm³/mol. The Balaban J connectivity index is 1.80. The summed E-state index contributed by atoms with van der Waals surface area (Å²) in [6.45, 7) is 2.55. The van der Waals surface area contributed by atoms with Crippen LogP contribution in [0.3, 0.4) is 0 Å². The van der Waals surface area contributed by atoms with E-state index in [2.05, 4.69) is 0 Å². The van der Waals surface area contributed by atoms with E-state index in [1.165, 1.54) is 4.31 Å². The lowest BCUT2D eigenvalue weighted by Crippen LogP contribution is -2.34. The number of aryl methyl sites for hydroxylation is 1. The van der Waals surface area contributed by atoms with Crippen molar-refractivity contribution >= 4 is 15.7 Å². The van der Waals surface area contributed by atoms with E-state index in [1.807, 2.05) is 73.7 Å². The Kier molecular flexibility index (Phi) is 4.72. The van der Waals surface area contributed by atoms with E-state index in [9.17, 15) is 8.42 Å². The minimum Gasteiger partial charge on any atom is -0.367 e. The van der Waals surface area contributed by atoms with Crippen LogP contribution in [0.25, 0.3) is 0 Å². The lowest BCUT2D eigenvalue weighted by molar-refractivity contribution is 0.0508. The van der Waals surface area contributed by atoms with Crippen LogP contribution in [0, 0.1) is 6.92 Å². The van der Waals surface area contributed by atoms with Crippen LogP contribution in [-0.4, -0.2) is 15.0 Å². The van der Waals surface area contributed by atoms with Gasteiger partial charge in [-0.2, -0.15) is 0 Å². The first-order chi connectivity index (χ1) is 13.1. The van der Waals surface area contributed by atoms with Crippen LogP contribution in [0.4, 0.5) is 5.69 Å². The van der Waals surface area contributed by atoms with Gasteiger partial charge in [-0.3, -0.25) is 4.31 Å². The molecule has 1 aliphatic rings. The smallest absolute Gasteiger partial charge is 0.264 e. The molecule has 0 radical (unpaired) electrons. The molecule has 1 aliphatic heterocycles. The second-order valence-electron chi connectivity index (χ2n) is 6.69. The molecule has 0 unspecified atom stereocenters. The summed E-state index contributed by atoms with van der Waals surface area (Å²) in [5, 5.41) is 0. The van der Waals surface area contributed by atoms with Gasteiger partial charge >= 0.3 is 0 Å². The Bertz CT molecular complexity index is 1030. The van der Waals surface area contributed by atoms with Gasteiger partial charge in [0.1, 0.15) is 6.10 Å². The summed E-state index contributed by atoms with van der Waals surface area (Å²) in [4.78, 5) is 0.289. The SMILES string of the molecule is Cc1ccc(S(=O)(=O)N2C[C@H](c3ccccc3)OCc3ccccc32)cc1. The van der Waals surface area contributed by atoms with Gasteiger partial charge < -0.3 is 4.74 Å². The molecule has 27 heavy (non-hydrogen) atoms. The number of benzene rings is 3. The molecular weight excluding hydrogens is 358 g/mol. The molecule has 0 spiro atoms. The normalized spacial score (nSPS) is 17.2. The number of nitrogens with zero attached hydrogens (tertiary/aromatic N) is 1. The maximum atomic E-state index is 13.5. The Morgan fingerprint density at radius 2 is 1.56 bits per heavy atom. The van der Waals surface area contributed by atoms with Gasteiger partial charge in [-0.1, -0.05) is 66.2 Å². The van der Waals surface area contributed by atoms with Gasteiger partial charge in [-0.25, -0.2) is 8.42 Å². The summed E-state index contributed by atoms with van der Waals surface area (Å²) in [5.41, 5.74) is 3.54. The molecule has 0 saturated carbocycles. The topological polar surface area (TPSA) is 46.6 Å².